The maximum Gasteiger partial charge on any atom is 0.338 e. The van der Waals surface area contributed by atoms with Gasteiger partial charge in [0.1, 0.15) is 0 Å². The molecule has 1 aliphatic rings. The van der Waals surface area contributed by atoms with Gasteiger partial charge in [0.25, 0.3) is 0 Å². The Morgan fingerprint density at radius 1 is 1.41 bits per heavy atom. The maximum absolute atomic E-state index is 12.0. The van der Waals surface area contributed by atoms with E-state index < -0.39 is 5.97 Å². The molecule has 4 nitrogen and oxygen atoms in total. The summed E-state index contributed by atoms with van der Waals surface area (Å²) in [7, 11) is 0. The van der Waals surface area contributed by atoms with Gasteiger partial charge in [0.15, 0.2) is 5.78 Å². The van der Waals surface area contributed by atoms with Gasteiger partial charge in [-0.1, -0.05) is 13.8 Å². The van der Waals surface area contributed by atoms with Crippen molar-refractivity contribution in [3.8, 4) is 0 Å². The van der Waals surface area contributed by atoms with Crippen molar-refractivity contribution in [2.75, 3.05) is 0 Å². The van der Waals surface area contributed by atoms with Crippen LogP contribution in [-0.4, -0.2) is 21.8 Å². The third kappa shape index (κ3) is 2.20. The van der Waals surface area contributed by atoms with Crippen LogP contribution in [0.1, 0.15) is 59.0 Å². The first-order valence-corrected chi connectivity index (χ1v) is 5.78. The van der Waals surface area contributed by atoms with Gasteiger partial charge >= 0.3 is 5.97 Å². The number of pyridine rings is 1. The molecule has 0 aromatic carbocycles. The molecular formula is C13H15NO3. The van der Waals surface area contributed by atoms with Crippen molar-refractivity contribution in [1.82, 2.24) is 4.98 Å². The predicted molar refractivity (Wildman–Crippen MR) is 62.3 cm³/mol. The third-order valence-corrected chi connectivity index (χ3v) is 2.95. The molecule has 90 valence electrons. The second kappa shape index (κ2) is 4.28. The molecule has 17 heavy (non-hydrogen) atoms. The first-order valence-electron chi connectivity index (χ1n) is 5.78. The summed E-state index contributed by atoms with van der Waals surface area (Å²) in [4.78, 5) is 27.4. The largest absolute Gasteiger partial charge is 0.478 e. The van der Waals surface area contributed by atoms with Crippen LogP contribution in [0, 0.1) is 5.92 Å². The number of aromatic carboxylic acids is 1. The Morgan fingerprint density at radius 2 is 2.06 bits per heavy atom. The maximum atomic E-state index is 12.0. The van der Waals surface area contributed by atoms with Crippen molar-refractivity contribution in [2.24, 2.45) is 5.92 Å². The van der Waals surface area contributed by atoms with E-state index in [0.29, 0.717) is 11.3 Å². The summed E-state index contributed by atoms with van der Waals surface area (Å²) in [5.74, 6) is -1.17. The van der Waals surface area contributed by atoms with E-state index in [1.807, 2.05) is 0 Å². The smallest absolute Gasteiger partial charge is 0.338 e. The predicted octanol–water partition coefficient (Wildman–Crippen LogP) is 2.50. The first-order chi connectivity index (χ1) is 8.02. The van der Waals surface area contributed by atoms with E-state index in [1.54, 1.807) is 13.8 Å². The summed E-state index contributed by atoms with van der Waals surface area (Å²) in [6.45, 7) is 3.54. The van der Waals surface area contributed by atoms with E-state index in [0.717, 1.165) is 12.8 Å². The monoisotopic (exact) mass is 233 g/mol. The van der Waals surface area contributed by atoms with Crippen LogP contribution in [-0.2, 0) is 0 Å². The summed E-state index contributed by atoms with van der Waals surface area (Å²) in [5.41, 5.74) is 0.974. The summed E-state index contributed by atoms with van der Waals surface area (Å²) in [6, 6.07) is 1.51. The Hall–Kier alpha value is -1.71. The minimum atomic E-state index is -1.05. The van der Waals surface area contributed by atoms with Gasteiger partial charge < -0.3 is 5.11 Å². The number of hydrogen-bond acceptors (Lipinski definition) is 3. The van der Waals surface area contributed by atoms with Gasteiger partial charge in [-0.05, 0) is 18.9 Å². The molecule has 0 aliphatic heterocycles. The van der Waals surface area contributed by atoms with E-state index in [9.17, 15) is 14.7 Å². The van der Waals surface area contributed by atoms with Gasteiger partial charge in [0.05, 0.1) is 11.3 Å². The molecule has 0 amide bonds. The van der Waals surface area contributed by atoms with Crippen LogP contribution in [0.2, 0.25) is 0 Å². The van der Waals surface area contributed by atoms with Gasteiger partial charge in [-0.2, -0.15) is 0 Å². The molecule has 1 aromatic heterocycles. The Bertz CT molecular complexity index is 476. The highest BCUT2D eigenvalue weighted by Crippen LogP contribution is 2.41. The number of hydrogen-bond donors (Lipinski definition) is 1. The van der Waals surface area contributed by atoms with Crippen LogP contribution >= 0.6 is 0 Å². The van der Waals surface area contributed by atoms with Crippen molar-refractivity contribution in [3.63, 3.8) is 0 Å². The summed E-state index contributed by atoms with van der Waals surface area (Å²) < 4.78 is 0. The second-order valence-corrected chi connectivity index (χ2v) is 4.72. The van der Waals surface area contributed by atoms with Gasteiger partial charge in [-0.15, -0.1) is 0 Å². The van der Waals surface area contributed by atoms with Gasteiger partial charge in [0, 0.05) is 23.6 Å². The lowest BCUT2D eigenvalue weighted by Gasteiger charge is -2.10. The van der Waals surface area contributed by atoms with Crippen LogP contribution in [0.4, 0.5) is 0 Å². The zero-order valence-electron chi connectivity index (χ0n) is 9.93. The molecule has 0 spiro atoms. The fraction of sp³-hybridized carbons (Fsp3) is 0.462. The SMILES string of the molecule is CC(C)C(=O)c1ccnc(C2CC2)c1C(=O)O. The van der Waals surface area contributed by atoms with Crippen molar-refractivity contribution in [3.05, 3.63) is 29.1 Å². The van der Waals surface area contributed by atoms with Gasteiger partial charge in [0.2, 0.25) is 0 Å². The highest BCUT2D eigenvalue weighted by Gasteiger charge is 2.32. The minimum Gasteiger partial charge on any atom is -0.478 e. The topological polar surface area (TPSA) is 67.3 Å². The Kier molecular flexibility index (Phi) is 2.96. The highest BCUT2D eigenvalue weighted by molar-refractivity contribution is 6.07. The Labute approximate surface area is 99.7 Å². The lowest BCUT2D eigenvalue weighted by atomic mass is 9.95. The number of carboxylic acids is 1. The minimum absolute atomic E-state index is 0.105. The fourth-order valence-electron chi connectivity index (χ4n) is 1.89. The zero-order chi connectivity index (χ0) is 12.6. The quantitative estimate of drug-likeness (QED) is 0.811. The highest BCUT2D eigenvalue weighted by atomic mass is 16.4. The van der Waals surface area contributed by atoms with E-state index in [2.05, 4.69) is 4.98 Å². The number of carboxylic acid groups (broad SMARTS) is 1. The van der Waals surface area contributed by atoms with Crippen LogP contribution in [0.25, 0.3) is 0 Å². The zero-order valence-corrected chi connectivity index (χ0v) is 9.93. The van der Waals surface area contributed by atoms with Crippen LogP contribution in [0.5, 0.6) is 0 Å². The number of carbonyl (C=O) groups is 2. The second-order valence-electron chi connectivity index (χ2n) is 4.72. The molecule has 1 aliphatic carbocycles. The van der Waals surface area contributed by atoms with Crippen LogP contribution in [0.15, 0.2) is 12.3 Å². The standard InChI is InChI=1S/C13H15NO3/c1-7(2)12(15)9-5-6-14-11(8-3-4-8)10(9)13(16)17/h5-8H,3-4H2,1-2H3,(H,16,17). The average Bonchev–Trinajstić information content (AvgIpc) is 3.10. The van der Waals surface area contributed by atoms with E-state index in [1.165, 1.54) is 12.3 Å². The van der Waals surface area contributed by atoms with E-state index in [4.69, 9.17) is 0 Å². The Balaban J connectivity index is 2.54. The lowest BCUT2D eigenvalue weighted by Crippen LogP contribution is -2.16. The van der Waals surface area contributed by atoms with Crippen molar-refractivity contribution in [2.45, 2.75) is 32.6 Å². The molecule has 4 heteroatoms. The number of rotatable bonds is 4. The molecule has 0 saturated heterocycles. The van der Waals surface area contributed by atoms with Crippen molar-refractivity contribution >= 4 is 11.8 Å². The summed E-state index contributed by atoms with van der Waals surface area (Å²) in [5, 5.41) is 9.26. The third-order valence-electron chi connectivity index (χ3n) is 2.95. The average molecular weight is 233 g/mol. The normalized spacial score (nSPS) is 15.0. The summed E-state index contributed by atoms with van der Waals surface area (Å²) >= 11 is 0. The van der Waals surface area contributed by atoms with Crippen molar-refractivity contribution in [1.29, 1.82) is 0 Å². The molecule has 1 saturated carbocycles. The molecular weight excluding hydrogens is 218 g/mol. The summed E-state index contributed by atoms with van der Waals surface area (Å²) in [6.07, 6.45) is 3.47. The molecule has 0 unspecified atom stereocenters. The fourth-order valence-corrected chi connectivity index (χ4v) is 1.89. The molecule has 0 radical (unpaired) electrons. The molecule has 1 N–H and O–H groups in total. The number of aromatic nitrogens is 1. The van der Waals surface area contributed by atoms with Gasteiger partial charge in [-0.25, -0.2) is 4.79 Å². The van der Waals surface area contributed by atoms with Crippen molar-refractivity contribution < 1.29 is 14.7 Å². The molecule has 1 aromatic rings. The van der Waals surface area contributed by atoms with Gasteiger partial charge in [-0.3, -0.25) is 9.78 Å². The number of carbonyl (C=O) groups excluding carboxylic acids is 1. The number of Topliss-reactive ketones (excluding diaryl/α,β-unsaturated/α-hetero) is 1. The van der Waals surface area contributed by atoms with Crippen LogP contribution in [0.3, 0.4) is 0 Å². The van der Waals surface area contributed by atoms with E-state index >= 15 is 0 Å². The number of nitrogens with zero attached hydrogens (tertiary/aromatic N) is 1. The first kappa shape index (κ1) is 11.8. The van der Waals surface area contributed by atoms with E-state index in [-0.39, 0.29) is 23.2 Å². The molecule has 1 heterocycles. The Morgan fingerprint density at radius 3 is 2.53 bits per heavy atom. The molecule has 0 atom stereocenters. The van der Waals surface area contributed by atoms with Crippen LogP contribution < -0.4 is 0 Å². The lowest BCUT2D eigenvalue weighted by molar-refractivity contribution is 0.0688. The number of ketones is 1. The molecule has 0 bridgehead atoms. The molecule has 2 rings (SSSR count). The molecule has 1 fully saturated rings.